The molecule has 4 aromatic rings. The van der Waals surface area contributed by atoms with Gasteiger partial charge in [-0.25, -0.2) is 4.79 Å². The molecule has 8 nitrogen and oxygen atoms in total. The van der Waals surface area contributed by atoms with Gasteiger partial charge in [0.15, 0.2) is 0 Å². The van der Waals surface area contributed by atoms with Gasteiger partial charge in [-0.15, -0.1) is 5.10 Å². The summed E-state index contributed by atoms with van der Waals surface area (Å²) in [6.45, 7) is 0.271. The van der Waals surface area contributed by atoms with E-state index in [0.717, 1.165) is 0 Å². The standard InChI is InChI=1S/C22H17N3O5/c1-29-18-10-11-20-19(13-18)21(30-22(26)16-7-3-2-4-8-16)23-24(20)14-15-6-5-9-17(12-15)25(27)28/h2-13H,14H2,1H3. The van der Waals surface area contributed by atoms with Crippen LogP contribution in [0.5, 0.6) is 11.6 Å². The first-order chi connectivity index (χ1) is 14.5. The fraction of sp³-hybridized carbons (Fsp3) is 0.0909. The number of hydrogen-bond acceptors (Lipinski definition) is 6. The first-order valence-electron chi connectivity index (χ1n) is 9.10. The van der Waals surface area contributed by atoms with E-state index in [9.17, 15) is 14.9 Å². The molecule has 0 radical (unpaired) electrons. The predicted molar refractivity (Wildman–Crippen MR) is 110 cm³/mol. The Morgan fingerprint density at radius 2 is 1.87 bits per heavy atom. The fourth-order valence-electron chi connectivity index (χ4n) is 3.11. The van der Waals surface area contributed by atoms with Crippen molar-refractivity contribution in [3.8, 4) is 11.6 Å². The molecule has 0 atom stereocenters. The van der Waals surface area contributed by atoms with Crippen molar-refractivity contribution in [3.63, 3.8) is 0 Å². The van der Waals surface area contributed by atoms with E-state index in [1.54, 1.807) is 66.4 Å². The fourth-order valence-corrected chi connectivity index (χ4v) is 3.11. The third-order valence-electron chi connectivity index (χ3n) is 4.58. The normalized spacial score (nSPS) is 10.7. The molecule has 0 bridgehead atoms. The smallest absolute Gasteiger partial charge is 0.344 e. The number of carbonyl (C=O) groups is 1. The first-order valence-corrected chi connectivity index (χ1v) is 9.10. The molecule has 4 rings (SSSR count). The zero-order valence-electron chi connectivity index (χ0n) is 16.0. The van der Waals surface area contributed by atoms with E-state index < -0.39 is 10.9 Å². The van der Waals surface area contributed by atoms with Gasteiger partial charge < -0.3 is 9.47 Å². The molecule has 1 heterocycles. The van der Waals surface area contributed by atoms with Crippen LogP contribution in [0.15, 0.2) is 72.8 Å². The maximum atomic E-state index is 12.5. The second-order valence-electron chi connectivity index (χ2n) is 6.53. The van der Waals surface area contributed by atoms with E-state index in [2.05, 4.69) is 5.10 Å². The number of aromatic nitrogens is 2. The topological polar surface area (TPSA) is 96.5 Å². The molecule has 0 N–H and O–H groups in total. The second-order valence-corrected chi connectivity index (χ2v) is 6.53. The highest BCUT2D eigenvalue weighted by molar-refractivity contribution is 5.94. The van der Waals surface area contributed by atoms with E-state index in [1.807, 2.05) is 6.07 Å². The number of non-ortho nitro benzene ring substituents is 1. The molecule has 0 spiro atoms. The number of nitro benzene ring substituents is 1. The number of esters is 1. The quantitative estimate of drug-likeness (QED) is 0.272. The Bertz CT molecular complexity index is 1230. The van der Waals surface area contributed by atoms with Gasteiger partial charge in [-0.3, -0.25) is 14.8 Å². The largest absolute Gasteiger partial charge is 0.497 e. The van der Waals surface area contributed by atoms with Crippen molar-refractivity contribution in [2.45, 2.75) is 6.54 Å². The van der Waals surface area contributed by atoms with E-state index in [0.29, 0.717) is 27.8 Å². The molecule has 30 heavy (non-hydrogen) atoms. The molecule has 150 valence electrons. The average molecular weight is 403 g/mol. The van der Waals surface area contributed by atoms with Gasteiger partial charge in [0.2, 0.25) is 5.88 Å². The van der Waals surface area contributed by atoms with Gasteiger partial charge >= 0.3 is 5.97 Å². The molecule has 0 saturated heterocycles. The third-order valence-corrected chi connectivity index (χ3v) is 4.58. The van der Waals surface area contributed by atoms with Gasteiger partial charge in [0.05, 0.1) is 35.0 Å². The Morgan fingerprint density at radius 3 is 2.60 bits per heavy atom. The van der Waals surface area contributed by atoms with Crippen molar-refractivity contribution in [2.75, 3.05) is 7.11 Å². The Labute approximate surface area is 171 Å². The Balaban J connectivity index is 1.73. The predicted octanol–water partition coefficient (Wildman–Crippen LogP) is 4.22. The summed E-state index contributed by atoms with van der Waals surface area (Å²) in [7, 11) is 1.55. The van der Waals surface area contributed by atoms with Crippen molar-refractivity contribution in [2.24, 2.45) is 0 Å². The van der Waals surface area contributed by atoms with Gasteiger partial charge in [-0.1, -0.05) is 30.3 Å². The van der Waals surface area contributed by atoms with Gasteiger partial charge in [-0.2, -0.15) is 0 Å². The lowest BCUT2D eigenvalue weighted by Crippen LogP contribution is -2.09. The minimum atomic E-state index is -0.527. The summed E-state index contributed by atoms with van der Waals surface area (Å²) in [5, 5.41) is 16.1. The molecule has 0 fully saturated rings. The number of methoxy groups -OCH3 is 1. The van der Waals surface area contributed by atoms with E-state index in [-0.39, 0.29) is 18.1 Å². The average Bonchev–Trinajstić information content (AvgIpc) is 3.10. The number of carbonyl (C=O) groups excluding carboxylic acids is 1. The number of ether oxygens (including phenoxy) is 2. The summed E-state index contributed by atoms with van der Waals surface area (Å²) >= 11 is 0. The van der Waals surface area contributed by atoms with Crippen LogP contribution in [0.2, 0.25) is 0 Å². The van der Waals surface area contributed by atoms with E-state index >= 15 is 0 Å². The summed E-state index contributed by atoms with van der Waals surface area (Å²) in [5.41, 5.74) is 1.81. The highest BCUT2D eigenvalue weighted by Gasteiger charge is 2.18. The van der Waals surface area contributed by atoms with Crippen LogP contribution >= 0.6 is 0 Å². The Morgan fingerprint density at radius 1 is 1.07 bits per heavy atom. The maximum absolute atomic E-state index is 12.5. The van der Waals surface area contributed by atoms with Crippen LogP contribution in [-0.4, -0.2) is 27.8 Å². The molecule has 0 unspecified atom stereocenters. The molecule has 0 aliphatic rings. The zero-order valence-corrected chi connectivity index (χ0v) is 16.0. The van der Waals surface area contributed by atoms with Crippen molar-refractivity contribution in [1.29, 1.82) is 0 Å². The minimum Gasteiger partial charge on any atom is -0.497 e. The molecule has 0 saturated carbocycles. The van der Waals surface area contributed by atoms with Crippen LogP contribution in [0.1, 0.15) is 15.9 Å². The maximum Gasteiger partial charge on any atom is 0.344 e. The summed E-state index contributed by atoms with van der Waals surface area (Å²) in [6.07, 6.45) is 0. The second kappa shape index (κ2) is 8.04. The van der Waals surface area contributed by atoms with Crippen molar-refractivity contribution in [1.82, 2.24) is 9.78 Å². The van der Waals surface area contributed by atoms with Gasteiger partial charge in [0.25, 0.3) is 5.69 Å². The summed E-state index contributed by atoms with van der Waals surface area (Å²) in [4.78, 5) is 23.1. The highest BCUT2D eigenvalue weighted by atomic mass is 16.6. The lowest BCUT2D eigenvalue weighted by atomic mass is 10.2. The number of nitrogens with zero attached hydrogens (tertiary/aromatic N) is 3. The SMILES string of the molecule is COc1ccc2c(c1)c(OC(=O)c1ccccc1)nn2Cc1cccc([N+](=O)[O-])c1. The van der Waals surface area contributed by atoms with Crippen molar-refractivity contribution in [3.05, 3.63) is 94.0 Å². The lowest BCUT2D eigenvalue weighted by molar-refractivity contribution is -0.384. The molecule has 0 aliphatic heterocycles. The molecular weight excluding hydrogens is 386 g/mol. The zero-order chi connectivity index (χ0) is 21.1. The van der Waals surface area contributed by atoms with Crippen LogP contribution in [-0.2, 0) is 6.54 Å². The molecular formula is C22H17N3O5. The summed E-state index contributed by atoms with van der Waals surface area (Å²) < 4.78 is 12.5. The Kier molecular flexibility index (Phi) is 5.13. The molecule has 3 aromatic carbocycles. The van der Waals surface area contributed by atoms with Gasteiger partial charge in [-0.05, 0) is 35.9 Å². The molecule has 8 heteroatoms. The van der Waals surface area contributed by atoms with Crippen molar-refractivity contribution >= 4 is 22.6 Å². The Hall–Kier alpha value is -4.20. The van der Waals surface area contributed by atoms with Crippen LogP contribution in [0.25, 0.3) is 10.9 Å². The number of fused-ring (bicyclic) bond motifs is 1. The number of hydrogen-bond donors (Lipinski definition) is 0. The molecule has 1 aromatic heterocycles. The monoisotopic (exact) mass is 403 g/mol. The molecule has 0 amide bonds. The number of nitro groups is 1. The number of benzene rings is 3. The highest BCUT2D eigenvalue weighted by Crippen LogP contribution is 2.30. The minimum absolute atomic E-state index is 0.00126. The summed E-state index contributed by atoms with van der Waals surface area (Å²) in [6, 6.07) is 20.3. The van der Waals surface area contributed by atoms with Crippen molar-refractivity contribution < 1.29 is 19.2 Å². The molecule has 0 aliphatic carbocycles. The lowest BCUT2D eigenvalue weighted by Gasteiger charge is -2.04. The van der Waals surface area contributed by atoms with Crippen LogP contribution in [0.4, 0.5) is 5.69 Å². The van der Waals surface area contributed by atoms with E-state index in [1.165, 1.54) is 12.1 Å². The van der Waals surface area contributed by atoms with Crippen LogP contribution in [0, 0.1) is 10.1 Å². The third kappa shape index (κ3) is 3.83. The first kappa shape index (κ1) is 19.1. The van der Waals surface area contributed by atoms with Crippen LogP contribution in [0.3, 0.4) is 0 Å². The van der Waals surface area contributed by atoms with Gasteiger partial charge in [0.1, 0.15) is 5.75 Å². The van der Waals surface area contributed by atoms with Gasteiger partial charge in [0, 0.05) is 12.1 Å². The summed E-state index contributed by atoms with van der Waals surface area (Å²) in [5.74, 6) is 0.206. The number of rotatable bonds is 6. The van der Waals surface area contributed by atoms with E-state index in [4.69, 9.17) is 9.47 Å². The van der Waals surface area contributed by atoms with Crippen LogP contribution < -0.4 is 9.47 Å².